The Bertz CT molecular complexity index is 1170. The van der Waals surface area contributed by atoms with Crippen molar-refractivity contribution >= 4 is 28.5 Å². The van der Waals surface area contributed by atoms with Gasteiger partial charge in [0.05, 0.1) is 24.8 Å². The van der Waals surface area contributed by atoms with E-state index in [0.717, 1.165) is 21.9 Å². The van der Waals surface area contributed by atoms with Crippen molar-refractivity contribution in [2.45, 2.75) is 53.2 Å². The molecule has 0 saturated heterocycles. The van der Waals surface area contributed by atoms with E-state index in [1.807, 2.05) is 45.1 Å². The molecule has 1 heterocycles. The largest absolute Gasteiger partial charge is 0.341 e. The van der Waals surface area contributed by atoms with Gasteiger partial charge in [-0.15, -0.1) is 0 Å². The zero-order valence-corrected chi connectivity index (χ0v) is 20.8. The van der Waals surface area contributed by atoms with E-state index in [-0.39, 0.29) is 24.3 Å². The number of benzene rings is 2. The minimum absolute atomic E-state index is 0.0678. The fourth-order valence-corrected chi connectivity index (χ4v) is 4.26. The molecule has 7 nitrogen and oxygen atoms in total. The van der Waals surface area contributed by atoms with Gasteiger partial charge in [-0.2, -0.15) is 0 Å². The van der Waals surface area contributed by atoms with Gasteiger partial charge in [0, 0.05) is 12.6 Å². The average molecular weight is 463 g/mol. The number of fused-ring (bicyclic) bond motifs is 1. The average Bonchev–Trinajstić information content (AvgIpc) is 2.91. The lowest BCUT2D eigenvalue weighted by Crippen LogP contribution is -2.54. The van der Waals surface area contributed by atoms with Crippen molar-refractivity contribution in [3.05, 3.63) is 71.1 Å². The third-order valence-electron chi connectivity index (χ3n) is 6.43. The Morgan fingerprint density at radius 2 is 1.88 bits per heavy atom. The van der Waals surface area contributed by atoms with Gasteiger partial charge in [-0.1, -0.05) is 42.5 Å². The van der Waals surface area contributed by atoms with Gasteiger partial charge in [-0.25, -0.2) is 0 Å². The highest BCUT2D eigenvalue weighted by Crippen LogP contribution is 2.29. The van der Waals surface area contributed by atoms with Crippen molar-refractivity contribution in [1.82, 2.24) is 20.4 Å². The van der Waals surface area contributed by atoms with Gasteiger partial charge in [0.1, 0.15) is 6.04 Å². The van der Waals surface area contributed by atoms with Crippen molar-refractivity contribution in [3.63, 3.8) is 0 Å². The standard InChI is InChI=1S/C27H34N4O3/c1-7-10-25-19(4)30(15-23-17(2)13-14-21-11-8-9-12-22(21)23)27(34)24(16-31(25)20(5)32)29-26(33)18(3)28-6/h7-14,18,24,28H,15-16H2,1-6H3,(H,29,33)/b10-7-/t18-,24-/m0/s1. The number of amides is 3. The van der Waals surface area contributed by atoms with Crippen LogP contribution in [0, 0.1) is 6.92 Å². The summed E-state index contributed by atoms with van der Waals surface area (Å²) in [6.07, 6.45) is 3.69. The molecule has 2 N–H and O–H groups in total. The lowest BCUT2D eigenvalue weighted by molar-refractivity contribution is -0.136. The van der Waals surface area contributed by atoms with Crippen LogP contribution in [0.4, 0.5) is 0 Å². The lowest BCUT2D eigenvalue weighted by Gasteiger charge is -2.28. The molecule has 0 radical (unpaired) electrons. The number of likely N-dealkylation sites (N-methyl/N-ethyl adjacent to an activating group) is 1. The Hall–Kier alpha value is -3.45. The lowest BCUT2D eigenvalue weighted by atomic mass is 9.99. The van der Waals surface area contributed by atoms with Gasteiger partial charge in [-0.05, 0) is 62.7 Å². The Balaban J connectivity index is 2.13. The molecule has 1 aliphatic rings. The van der Waals surface area contributed by atoms with Gasteiger partial charge in [0.2, 0.25) is 11.8 Å². The zero-order valence-electron chi connectivity index (χ0n) is 20.8. The molecule has 0 aromatic heterocycles. The van der Waals surface area contributed by atoms with Crippen LogP contribution in [0.1, 0.15) is 38.8 Å². The number of rotatable bonds is 6. The van der Waals surface area contributed by atoms with Gasteiger partial charge in [-0.3, -0.25) is 14.4 Å². The second-order valence-electron chi connectivity index (χ2n) is 8.68. The molecule has 2 aromatic carbocycles. The summed E-state index contributed by atoms with van der Waals surface area (Å²) in [7, 11) is 1.69. The van der Waals surface area contributed by atoms with Crippen molar-refractivity contribution < 1.29 is 14.4 Å². The Labute approximate surface area is 201 Å². The van der Waals surface area contributed by atoms with Crippen LogP contribution in [0.5, 0.6) is 0 Å². The van der Waals surface area contributed by atoms with Gasteiger partial charge < -0.3 is 20.4 Å². The molecular formula is C27H34N4O3. The van der Waals surface area contributed by atoms with Crippen molar-refractivity contribution in [2.75, 3.05) is 13.6 Å². The highest BCUT2D eigenvalue weighted by Gasteiger charge is 2.36. The minimum atomic E-state index is -0.875. The van der Waals surface area contributed by atoms with E-state index in [4.69, 9.17) is 0 Å². The summed E-state index contributed by atoms with van der Waals surface area (Å²) in [5.74, 6) is -0.727. The summed E-state index contributed by atoms with van der Waals surface area (Å²) in [5, 5.41) is 7.93. The van der Waals surface area contributed by atoms with Crippen LogP contribution in [0.15, 0.2) is 59.9 Å². The Morgan fingerprint density at radius 3 is 2.53 bits per heavy atom. The topological polar surface area (TPSA) is 81.8 Å². The first-order valence-electron chi connectivity index (χ1n) is 11.6. The monoisotopic (exact) mass is 462 g/mol. The predicted molar refractivity (Wildman–Crippen MR) is 135 cm³/mol. The molecule has 0 saturated carbocycles. The van der Waals surface area contributed by atoms with Crippen LogP contribution >= 0.6 is 0 Å². The number of carbonyl (C=O) groups is 3. The fourth-order valence-electron chi connectivity index (χ4n) is 4.26. The number of nitrogens with zero attached hydrogens (tertiary/aromatic N) is 2. The smallest absolute Gasteiger partial charge is 0.251 e. The molecule has 2 aromatic rings. The van der Waals surface area contributed by atoms with Crippen LogP contribution < -0.4 is 10.6 Å². The number of aryl methyl sites for hydroxylation is 1. The molecule has 0 bridgehead atoms. The SMILES string of the molecule is C/C=C\C1=C(C)N(Cc2c(C)ccc3ccccc23)C(=O)[C@@H](NC(=O)[C@H](C)NC)CN1C(C)=O. The summed E-state index contributed by atoms with van der Waals surface area (Å²) in [4.78, 5) is 42.4. The van der Waals surface area contributed by atoms with Crippen LogP contribution in [0.3, 0.4) is 0 Å². The third kappa shape index (κ3) is 5.04. The number of carbonyl (C=O) groups excluding carboxylic acids is 3. The van der Waals surface area contributed by atoms with Crippen molar-refractivity contribution in [2.24, 2.45) is 0 Å². The molecule has 1 aliphatic heterocycles. The Morgan fingerprint density at radius 1 is 1.18 bits per heavy atom. The molecule has 180 valence electrons. The molecule has 2 atom stereocenters. The van der Waals surface area contributed by atoms with E-state index in [1.165, 1.54) is 6.92 Å². The summed E-state index contributed by atoms with van der Waals surface area (Å²) in [6.45, 7) is 9.36. The van der Waals surface area contributed by atoms with E-state index >= 15 is 0 Å². The molecular weight excluding hydrogens is 428 g/mol. The maximum atomic E-state index is 13.9. The minimum Gasteiger partial charge on any atom is -0.341 e. The molecule has 7 heteroatoms. The zero-order chi connectivity index (χ0) is 25.0. The Kier molecular flexibility index (Phi) is 7.89. The predicted octanol–water partition coefficient (Wildman–Crippen LogP) is 3.24. The van der Waals surface area contributed by atoms with Crippen molar-refractivity contribution in [1.29, 1.82) is 0 Å². The first-order valence-corrected chi connectivity index (χ1v) is 11.6. The molecule has 3 rings (SSSR count). The number of hydrogen-bond donors (Lipinski definition) is 2. The normalized spacial score (nSPS) is 17.9. The second-order valence-corrected chi connectivity index (χ2v) is 8.68. The van der Waals surface area contributed by atoms with Crippen molar-refractivity contribution in [3.8, 4) is 0 Å². The number of allylic oxidation sites excluding steroid dienone is 3. The molecule has 34 heavy (non-hydrogen) atoms. The first kappa shape index (κ1) is 25.2. The molecule has 0 unspecified atom stereocenters. The fraction of sp³-hybridized carbons (Fsp3) is 0.370. The highest BCUT2D eigenvalue weighted by molar-refractivity contribution is 5.93. The third-order valence-corrected chi connectivity index (χ3v) is 6.43. The molecule has 0 fully saturated rings. The number of hydrogen-bond acceptors (Lipinski definition) is 4. The molecule has 0 aliphatic carbocycles. The van der Waals surface area contributed by atoms with Gasteiger partial charge in [0.15, 0.2) is 0 Å². The summed E-state index contributed by atoms with van der Waals surface area (Å²) < 4.78 is 0. The van der Waals surface area contributed by atoms with Gasteiger partial charge in [0.25, 0.3) is 5.91 Å². The van der Waals surface area contributed by atoms with Gasteiger partial charge >= 0.3 is 0 Å². The molecule has 3 amide bonds. The second kappa shape index (κ2) is 10.7. The van der Waals surface area contributed by atoms with Crippen LogP contribution in [-0.2, 0) is 20.9 Å². The maximum absolute atomic E-state index is 13.9. The van der Waals surface area contributed by atoms with Crippen LogP contribution in [-0.4, -0.2) is 53.2 Å². The van der Waals surface area contributed by atoms with E-state index in [0.29, 0.717) is 17.9 Å². The van der Waals surface area contributed by atoms with E-state index in [2.05, 4.69) is 34.9 Å². The maximum Gasteiger partial charge on any atom is 0.251 e. The van der Waals surface area contributed by atoms with E-state index in [1.54, 1.807) is 23.8 Å². The molecule has 0 spiro atoms. The number of nitrogens with one attached hydrogen (secondary N) is 2. The first-order chi connectivity index (χ1) is 16.2. The van der Waals surface area contributed by atoms with E-state index < -0.39 is 12.1 Å². The van der Waals surface area contributed by atoms with E-state index in [9.17, 15) is 14.4 Å². The van der Waals surface area contributed by atoms with Crippen LogP contribution in [0.25, 0.3) is 10.8 Å². The summed E-state index contributed by atoms with van der Waals surface area (Å²) >= 11 is 0. The highest BCUT2D eigenvalue weighted by atomic mass is 16.2. The quantitative estimate of drug-likeness (QED) is 0.691. The summed E-state index contributed by atoms with van der Waals surface area (Å²) in [5.41, 5.74) is 3.43. The van der Waals surface area contributed by atoms with Crippen LogP contribution in [0.2, 0.25) is 0 Å². The summed E-state index contributed by atoms with van der Waals surface area (Å²) in [6, 6.07) is 10.9.